The van der Waals surface area contributed by atoms with Crippen LogP contribution in [-0.4, -0.2) is 48.5 Å². The number of para-hydroxylation sites is 4. The largest absolute Gasteiger partial charge is 0.454 e. The second-order valence-electron chi connectivity index (χ2n) is 16.4. The first-order chi connectivity index (χ1) is 34.8. The van der Waals surface area contributed by atoms with E-state index in [1.54, 1.807) is 103 Å². The van der Waals surface area contributed by atoms with Gasteiger partial charge >= 0.3 is 0 Å². The molecular weight excluding hydrogens is 939 g/mol. The van der Waals surface area contributed by atoms with Gasteiger partial charge in [0.15, 0.2) is 23.1 Å². The van der Waals surface area contributed by atoms with Crippen LogP contribution in [0.3, 0.4) is 0 Å². The molecule has 11 aromatic rings. The van der Waals surface area contributed by atoms with Crippen molar-refractivity contribution in [2.24, 2.45) is 0 Å². The van der Waals surface area contributed by atoms with Crippen molar-refractivity contribution >= 4 is 55.0 Å². The number of aryl methyl sites for hydroxylation is 1. The molecule has 0 amide bonds. The van der Waals surface area contributed by atoms with Crippen LogP contribution < -0.4 is 20.9 Å². The third-order valence-electron chi connectivity index (χ3n) is 11.6. The van der Waals surface area contributed by atoms with Gasteiger partial charge in [-0.1, -0.05) is 90.5 Å². The number of H-pyrrole nitrogens is 1. The molecule has 4 heterocycles. The van der Waals surface area contributed by atoms with Crippen LogP contribution in [0.4, 0.5) is 20.4 Å². The van der Waals surface area contributed by atoms with Gasteiger partial charge in [-0.3, -0.25) is 9.59 Å². The van der Waals surface area contributed by atoms with Crippen LogP contribution in [0.2, 0.25) is 0 Å². The first-order valence-electron chi connectivity index (χ1n) is 22.2. The van der Waals surface area contributed by atoms with Crippen molar-refractivity contribution in [3.05, 3.63) is 234 Å². The van der Waals surface area contributed by atoms with E-state index in [4.69, 9.17) is 20.9 Å². The molecule has 0 atom stereocenters. The van der Waals surface area contributed by atoms with Gasteiger partial charge in [0.25, 0.3) is 10.0 Å². The summed E-state index contributed by atoms with van der Waals surface area (Å²) in [6, 6.07) is 50.3. The summed E-state index contributed by atoms with van der Waals surface area (Å²) < 4.78 is 71.9. The van der Waals surface area contributed by atoms with Gasteiger partial charge in [-0.15, -0.1) is 0 Å². The Balaban J connectivity index is 0.000000172. The molecule has 0 unspecified atom stereocenters. The van der Waals surface area contributed by atoms with Crippen LogP contribution in [0.25, 0.3) is 33.2 Å². The molecule has 14 nitrogen and oxygen atoms in total. The summed E-state index contributed by atoms with van der Waals surface area (Å²) in [7, 11) is -4.15. The molecule has 0 bridgehead atoms. The summed E-state index contributed by atoms with van der Waals surface area (Å²) in [6.07, 6.45) is 2.62. The summed E-state index contributed by atoms with van der Waals surface area (Å²) in [4.78, 5) is 29.9. The lowest BCUT2D eigenvalue weighted by atomic mass is 10.1. The summed E-state index contributed by atoms with van der Waals surface area (Å²) >= 11 is 0. The molecular formula is C55H40F2N8O6S. The van der Waals surface area contributed by atoms with Crippen LogP contribution in [0.1, 0.15) is 37.7 Å². The predicted octanol–water partition coefficient (Wildman–Crippen LogP) is 11.2. The Morgan fingerprint density at radius 1 is 0.569 bits per heavy atom. The standard InChI is InChI=1S/C31H23FN4O4S.C24H17FN4O2/c1-20-11-14-24(15-12-20)41(38,39)36-27-10-6-5-7-21(27)17-28(36)30(37)25-19-34-35(31(25)33)22-13-16-29(26(32)18-22)40-23-8-3-2-4-9-23;25-19-13-16(10-11-22(19)31-17-7-2-1-3-8-17)29-24(26)18(14-27-29)23(30)21-12-15-6-4-5-9-20(15)28-21/h2-19H,33H2,1H3;1-14,28H,26H2. The minimum atomic E-state index is -4.15. The van der Waals surface area contributed by atoms with E-state index in [-0.39, 0.29) is 56.3 Å². The first kappa shape index (κ1) is 46.1. The van der Waals surface area contributed by atoms with E-state index >= 15 is 0 Å². The smallest absolute Gasteiger partial charge is 0.268 e. The number of rotatable bonds is 12. The van der Waals surface area contributed by atoms with Gasteiger partial charge in [-0.25, -0.2) is 30.5 Å². The summed E-state index contributed by atoms with van der Waals surface area (Å²) in [5.74, 6) is -1.02. The number of anilines is 2. The lowest BCUT2D eigenvalue weighted by Gasteiger charge is -2.12. The van der Waals surface area contributed by atoms with Crippen LogP contribution in [0, 0.1) is 18.6 Å². The molecule has 0 fully saturated rings. The molecule has 7 aromatic carbocycles. The van der Waals surface area contributed by atoms with Crippen molar-refractivity contribution in [1.82, 2.24) is 28.5 Å². The van der Waals surface area contributed by atoms with Crippen molar-refractivity contribution in [3.63, 3.8) is 0 Å². The number of hydrogen-bond acceptors (Lipinski definition) is 10. The van der Waals surface area contributed by atoms with Crippen molar-refractivity contribution in [3.8, 4) is 34.4 Å². The summed E-state index contributed by atoms with van der Waals surface area (Å²) in [6.45, 7) is 1.85. The number of carbonyl (C=O) groups excluding carboxylic acids is 2. The second-order valence-corrected chi connectivity index (χ2v) is 18.2. The molecule has 0 saturated heterocycles. The first-order valence-corrected chi connectivity index (χ1v) is 23.6. The molecule has 0 aliphatic heterocycles. The Morgan fingerprint density at radius 2 is 1.07 bits per heavy atom. The minimum Gasteiger partial charge on any atom is -0.454 e. The number of nitrogens with one attached hydrogen (secondary N) is 1. The van der Waals surface area contributed by atoms with Gasteiger partial charge < -0.3 is 25.9 Å². The van der Waals surface area contributed by atoms with Crippen molar-refractivity contribution in [2.75, 3.05) is 11.5 Å². The monoisotopic (exact) mass is 978 g/mol. The third kappa shape index (κ3) is 8.94. The predicted molar refractivity (Wildman–Crippen MR) is 270 cm³/mol. The van der Waals surface area contributed by atoms with Gasteiger partial charge in [0.1, 0.15) is 28.8 Å². The number of hydrogen-bond donors (Lipinski definition) is 3. The maximum Gasteiger partial charge on any atom is 0.268 e. The number of nitrogens with two attached hydrogens (primary N) is 2. The van der Waals surface area contributed by atoms with Gasteiger partial charge in [0.05, 0.1) is 51.0 Å². The maximum atomic E-state index is 14.9. The highest BCUT2D eigenvalue weighted by atomic mass is 32.2. The number of halogens is 2. The van der Waals surface area contributed by atoms with Crippen molar-refractivity contribution in [2.45, 2.75) is 11.8 Å². The molecule has 0 aliphatic rings. The topological polar surface area (TPSA) is 195 Å². The number of ether oxygens (including phenoxy) is 2. The van der Waals surface area contributed by atoms with E-state index in [0.29, 0.717) is 33.8 Å². The van der Waals surface area contributed by atoms with Crippen molar-refractivity contribution in [1.29, 1.82) is 0 Å². The highest BCUT2D eigenvalue weighted by molar-refractivity contribution is 7.90. The van der Waals surface area contributed by atoms with Crippen LogP contribution in [0.15, 0.2) is 199 Å². The molecule has 11 rings (SSSR count). The molecule has 0 aliphatic carbocycles. The van der Waals surface area contributed by atoms with Gasteiger partial charge in [0, 0.05) is 28.4 Å². The SMILES string of the molecule is Cc1ccc(S(=O)(=O)n2c(C(=O)c3cnn(-c4ccc(Oc5ccccc5)c(F)c4)c3N)cc3ccccc32)cc1.Nc1c(C(=O)c2cc3ccccc3[nH]2)cnn1-c1ccc(Oc2ccccc2)c(F)c1. The van der Waals surface area contributed by atoms with E-state index in [2.05, 4.69) is 15.2 Å². The molecule has 0 saturated carbocycles. The second kappa shape index (κ2) is 19.1. The quantitative estimate of drug-likeness (QED) is 0.0991. The molecule has 0 spiro atoms. The zero-order valence-corrected chi connectivity index (χ0v) is 38.8. The minimum absolute atomic E-state index is 0.00723. The molecule has 356 valence electrons. The Kier molecular flexibility index (Phi) is 12.2. The number of fused-ring (bicyclic) bond motifs is 2. The van der Waals surface area contributed by atoms with E-state index in [1.165, 1.54) is 64.2 Å². The number of aromatic amines is 1. The van der Waals surface area contributed by atoms with Gasteiger partial charge in [-0.2, -0.15) is 10.2 Å². The highest BCUT2D eigenvalue weighted by Gasteiger charge is 2.29. The summed E-state index contributed by atoms with van der Waals surface area (Å²) in [5.41, 5.74) is 15.8. The zero-order chi connectivity index (χ0) is 50.1. The third-order valence-corrected chi connectivity index (χ3v) is 13.3. The van der Waals surface area contributed by atoms with Crippen LogP contribution >= 0.6 is 0 Å². The highest BCUT2D eigenvalue weighted by Crippen LogP contribution is 2.32. The maximum absolute atomic E-state index is 14.9. The molecule has 72 heavy (non-hydrogen) atoms. The molecule has 4 aromatic heterocycles. The van der Waals surface area contributed by atoms with Gasteiger partial charge in [0.2, 0.25) is 11.6 Å². The molecule has 0 radical (unpaired) electrons. The number of aromatic nitrogens is 6. The van der Waals surface area contributed by atoms with E-state index < -0.39 is 27.4 Å². The zero-order valence-electron chi connectivity index (χ0n) is 38.0. The van der Waals surface area contributed by atoms with Crippen LogP contribution in [0.5, 0.6) is 23.0 Å². The average Bonchev–Trinajstić information content (AvgIpc) is 4.20. The van der Waals surface area contributed by atoms with E-state index in [9.17, 15) is 26.8 Å². The number of nitrogens with zero attached hydrogens (tertiary/aromatic N) is 5. The normalized spacial score (nSPS) is 11.3. The lowest BCUT2D eigenvalue weighted by Crippen LogP contribution is -2.19. The fourth-order valence-electron chi connectivity index (χ4n) is 7.96. The average molecular weight is 979 g/mol. The number of benzene rings is 7. The Labute approximate surface area is 410 Å². The van der Waals surface area contributed by atoms with E-state index in [0.717, 1.165) is 20.4 Å². The van der Waals surface area contributed by atoms with Crippen molar-refractivity contribution < 1.29 is 36.3 Å². The summed E-state index contributed by atoms with van der Waals surface area (Å²) in [5, 5.41) is 9.88. The van der Waals surface area contributed by atoms with Crippen LogP contribution in [-0.2, 0) is 10.0 Å². The molecule has 5 N–H and O–H groups in total. The Hall–Kier alpha value is -9.61. The number of nitrogen functional groups attached to an aromatic ring is 2. The number of ketones is 2. The number of carbonyl (C=O) groups is 2. The fourth-order valence-corrected chi connectivity index (χ4v) is 9.47. The van der Waals surface area contributed by atoms with Gasteiger partial charge in [-0.05, 0) is 91.9 Å². The Bertz CT molecular complexity index is 3910. The Morgan fingerprint density at radius 3 is 1.61 bits per heavy atom. The lowest BCUT2D eigenvalue weighted by molar-refractivity contribution is 0.102. The fraction of sp³-hybridized carbons (Fsp3) is 0.0182. The van der Waals surface area contributed by atoms with E-state index in [1.807, 2.05) is 43.3 Å². The molecule has 17 heteroatoms.